The Morgan fingerprint density at radius 1 is 1.33 bits per heavy atom. The second-order valence-electron chi connectivity index (χ2n) is 4.43. The zero-order chi connectivity index (χ0) is 12.4. The van der Waals surface area contributed by atoms with Gasteiger partial charge in [-0.1, -0.05) is 6.07 Å². The van der Waals surface area contributed by atoms with E-state index in [2.05, 4.69) is 19.9 Å². The average Bonchev–Trinajstić information content (AvgIpc) is 2.87. The third-order valence-electron chi connectivity index (χ3n) is 3.24. The van der Waals surface area contributed by atoms with Gasteiger partial charge in [-0.3, -0.25) is 4.79 Å². The fourth-order valence-electron chi connectivity index (χ4n) is 2.24. The highest BCUT2D eigenvalue weighted by molar-refractivity contribution is 5.91. The monoisotopic (exact) mass is 242 g/mol. The Morgan fingerprint density at radius 2 is 2.28 bits per heavy atom. The predicted octanol–water partition coefficient (Wildman–Crippen LogP) is 1.48. The number of rotatable bonds is 2. The molecule has 92 valence electrons. The molecule has 1 N–H and O–H groups in total. The van der Waals surface area contributed by atoms with Crippen LogP contribution >= 0.6 is 0 Å². The van der Waals surface area contributed by atoms with Crippen molar-refractivity contribution in [2.75, 3.05) is 5.32 Å². The molecule has 2 aromatic heterocycles. The molecule has 0 radical (unpaired) electrons. The third-order valence-corrected chi connectivity index (χ3v) is 3.24. The number of imidazole rings is 1. The summed E-state index contributed by atoms with van der Waals surface area (Å²) in [5.74, 6) is 1.61. The minimum absolute atomic E-state index is 0.0121. The number of hydrogen-bond acceptors (Lipinski definition) is 3. The van der Waals surface area contributed by atoms with E-state index in [0.717, 1.165) is 18.8 Å². The first-order valence-electron chi connectivity index (χ1n) is 6.05. The molecule has 0 aromatic carbocycles. The molecule has 0 aliphatic carbocycles. The van der Waals surface area contributed by atoms with Gasteiger partial charge in [-0.15, -0.1) is 0 Å². The summed E-state index contributed by atoms with van der Waals surface area (Å²) in [5, 5.41) is 2.85. The molecule has 18 heavy (non-hydrogen) atoms. The molecule has 0 fully saturated rings. The van der Waals surface area contributed by atoms with Crippen LogP contribution in [0.5, 0.6) is 0 Å². The first kappa shape index (κ1) is 11.0. The van der Waals surface area contributed by atoms with Crippen molar-refractivity contribution >= 4 is 11.7 Å². The number of pyridine rings is 1. The molecule has 0 saturated carbocycles. The summed E-state index contributed by atoms with van der Waals surface area (Å²) in [5.41, 5.74) is 0. The number of anilines is 1. The van der Waals surface area contributed by atoms with Crippen LogP contribution in [0.4, 0.5) is 5.82 Å². The molecule has 0 saturated heterocycles. The van der Waals surface area contributed by atoms with E-state index in [-0.39, 0.29) is 11.8 Å². The molecule has 1 unspecified atom stereocenters. The van der Waals surface area contributed by atoms with Crippen molar-refractivity contribution in [3.05, 3.63) is 42.6 Å². The van der Waals surface area contributed by atoms with Crippen LogP contribution < -0.4 is 5.32 Å². The number of aryl methyl sites for hydroxylation is 1. The van der Waals surface area contributed by atoms with Gasteiger partial charge in [-0.25, -0.2) is 9.97 Å². The largest absolute Gasteiger partial charge is 0.335 e. The fraction of sp³-hybridized carbons (Fsp3) is 0.308. The van der Waals surface area contributed by atoms with E-state index in [0.29, 0.717) is 12.2 Å². The van der Waals surface area contributed by atoms with E-state index in [4.69, 9.17) is 0 Å². The van der Waals surface area contributed by atoms with Gasteiger partial charge in [-0.05, 0) is 18.6 Å². The van der Waals surface area contributed by atoms with Crippen molar-refractivity contribution in [2.24, 2.45) is 5.92 Å². The Bertz CT molecular complexity index is 549. The summed E-state index contributed by atoms with van der Waals surface area (Å²) >= 11 is 0. The van der Waals surface area contributed by atoms with Crippen molar-refractivity contribution in [2.45, 2.75) is 19.4 Å². The Hall–Kier alpha value is -2.17. The average molecular weight is 242 g/mol. The summed E-state index contributed by atoms with van der Waals surface area (Å²) in [6.07, 6.45) is 6.97. The normalized spacial score (nSPS) is 18.1. The maximum absolute atomic E-state index is 12.1. The van der Waals surface area contributed by atoms with Gasteiger partial charge in [-0.2, -0.15) is 0 Å². The van der Waals surface area contributed by atoms with Crippen molar-refractivity contribution in [3.63, 3.8) is 0 Å². The number of aromatic nitrogens is 3. The molecule has 5 nitrogen and oxygen atoms in total. The lowest BCUT2D eigenvalue weighted by Gasteiger charge is -2.22. The van der Waals surface area contributed by atoms with Crippen LogP contribution in [0, 0.1) is 5.92 Å². The SMILES string of the molecule is O=C(Nc1ccccn1)C1CCn2ccnc2C1. The minimum atomic E-state index is -0.0121. The molecule has 1 atom stereocenters. The Balaban J connectivity index is 1.68. The lowest BCUT2D eigenvalue weighted by molar-refractivity contribution is -0.120. The number of nitrogens with one attached hydrogen (secondary N) is 1. The van der Waals surface area contributed by atoms with Gasteiger partial charge in [0.25, 0.3) is 0 Å². The molecule has 3 heterocycles. The Labute approximate surface area is 105 Å². The first-order valence-corrected chi connectivity index (χ1v) is 6.05. The highest BCUT2D eigenvalue weighted by Gasteiger charge is 2.25. The van der Waals surface area contributed by atoms with Crippen molar-refractivity contribution in [3.8, 4) is 0 Å². The highest BCUT2D eigenvalue weighted by Crippen LogP contribution is 2.20. The van der Waals surface area contributed by atoms with Crippen LogP contribution in [-0.4, -0.2) is 20.4 Å². The van der Waals surface area contributed by atoms with Crippen molar-refractivity contribution in [1.29, 1.82) is 0 Å². The number of fused-ring (bicyclic) bond motifs is 1. The standard InChI is InChI=1S/C13H14N4O/c18-13(16-11-3-1-2-5-14-11)10-4-7-17-8-6-15-12(17)9-10/h1-3,5-6,8,10H,4,7,9H2,(H,14,16,18). The van der Waals surface area contributed by atoms with Crippen molar-refractivity contribution < 1.29 is 4.79 Å². The van der Waals surface area contributed by atoms with Crippen LogP contribution in [-0.2, 0) is 17.8 Å². The lowest BCUT2D eigenvalue weighted by Crippen LogP contribution is -2.30. The third kappa shape index (κ3) is 2.11. The number of amides is 1. The maximum atomic E-state index is 12.1. The van der Waals surface area contributed by atoms with E-state index in [1.807, 2.05) is 18.3 Å². The van der Waals surface area contributed by atoms with Gasteiger partial charge >= 0.3 is 0 Å². The molecule has 0 spiro atoms. The number of carbonyl (C=O) groups excluding carboxylic acids is 1. The highest BCUT2D eigenvalue weighted by atomic mass is 16.1. The molecular weight excluding hydrogens is 228 g/mol. The van der Waals surface area contributed by atoms with Gasteiger partial charge in [0.05, 0.1) is 0 Å². The zero-order valence-electron chi connectivity index (χ0n) is 9.91. The van der Waals surface area contributed by atoms with E-state index in [9.17, 15) is 4.79 Å². The van der Waals surface area contributed by atoms with Gasteiger partial charge in [0, 0.05) is 37.5 Å². The van der Waals surface area contributed by atoms with E-state index < -0.39 is 0 Å². The number of carbonyl (C=O) groups is 1. The predicted molar refractivity (Wildman–Crippen MR) is 66.9 cm³/mol. The van der Waals surface area contributed by atoms with Crippen LogP contribution in [0.2, 0.25) is 0 Å². The first-order chi connectivity index (χ1) is 8.83. The van der Waals surface area contributed by atoms with Crippen LogP contribution in [0.1, 0.15) is 12.2 Å². The van der Waals surface area contributed by atoms with E-state index >= 15 is 0 Å². The summed E-state index contributed by atoms with van der Waals surface area (Å²) in [6.45, 7) is 0.857. The molecular formula is C13H14N4O. The number of nitrogens with zero attached hydrogens (tertiary/aromatic N) is 3. The molecule has 1 aliphatic rings. The summed E-state index contributed by atoms with van der Waals surface area (Å²) < 4.78 is 2.10. The molecule has 5 heteroatoms. The van der Waals surface area contributed by atoms with Gasteiger partial charge in [0.2, 0.25) is 5.91 Å². The zero-order valence-corrected chi connectivity index (χ0v) is 9.91. The van der Waals surface area contributed by atoms with Crippen molar-refractivity contribution in [1.82, 2.24) is 14.5 Å². The van der Waals surface area contributed by atoms with Gasteiger partial charge < -0.3 is 9.88 Å². The Kier molecular flexibility index (Phi) is 2.80. The summed E-state index contributed by atoms with van der Waals surface area (Å²) in [7, 11) is 0. The van der Waals surface area contributed by atoms with E-state index in [1.165, 1.54) is 0 Å². The quantitative estimate of drug-likeness (QED) is 0.867. The molecule has 1 aliphatic heterocycles. The van der Waals surface area contributed by atoms with Gasteiger partial charge in [0.1, 0.15) is 11.6 Å². The molecule has 1 amide bonds. The molecule has 0 bridgehead atoms. The fourth-order valence-corrected chi connectivity index (χ4v) is 2.24. The molecule has 3 rings (SSSR count). The smallest absolute Gasteiger partial charge is 0.229 e. The van der Waals surface area contributed by atoms with Crippen LogP contribution in [0.25, 0.3) is 0 Å². The maximum Gasteiger partial charge on any atom is 0.229 e. The minimum Gasteiger partial charge on any atom is -0.335 e. The van der Waals surface area contributed by atoms with Crippen LogP contribution in [0.3, 0.4) is 0 Å². The van der Waals surface area contributed by atoms with E-state index in [1.54, 1.807) is 18.5 Å². The second-order valence-corrected chi connectivity index (χ2v) is 4.43. The van der Waals surface area contributed by atoms with Gasteiger partial charge in [0.15, 0.2) is 0 Å². The van der Waals surface area contributed by atoms with Crippen LogP contribution in [0.15, 0.2) is 36.8 Å². The summed E-state index contributed by atoms with van der Waals surface area (Å²) in [6, 6.07) is 5.48. The lowest BCUT2D eigenvalue weighted by atomic mass is 9.97. The second kappa shape index (κ2) is 4.60. The number of hydrogen-bond donors (Lipinski definition) is 1. The summed E-state index contributed by atoms with van der Waals surface area (Å²) in [4.78, 5) is 20.5. The Morgan fingerprint density at radius 3 is 3.11 bits per heavy atom. The molecule has 2 aromatic rings. The topological polar surface area (TPSA) is 59.8 Å².